The largest absolute Gasteiger partial charge is 0.490 e. The summed E-state index contributed by atoms with van der Waals surface area (Å²) in [5, 5.41) is 6.57. The second kappa shape index (κ2) is 9.24. The Morgan fingerprint density at radius 2 is 1.93 bits per heavy atom. The number of ether oxygens (including phenoxy) is 2. The molecule has 0 aliphatic heterocycles. The van der Waals surface area contributed by atoms with E-state index in [-0.39, 0.29) is 5.91 Å². The average Bonchev–Trinajstić information content (AvgIpc) is 2.67. The van der Waals surface area contributed by atoms with Crippen LogP contribution in [0.4, 0.5) is 0 Å². The third kappa shape index (κ3) is 4.81. The first-order valence-corrected chi connectivity index (χ1v) is 9.31. The van der Waals surface area contributed by atoms with E-state index >= 15 is 0 Å². The third-order valence-electron chi connectivity index (χ3n) is 4.02. The topological polar surface area (TPSA) is 59.9 Å². The van der Waals surface area contributed by atoms with Crippen LogP contribution in [0.15, 0.2) is 59.7 Å². The molecule has 0 spiro atoms. The minimum absolute atomic E-state index is 0.248. The minimum atomic E-state index is -0.248. The zero-order valence-electron chi connectivity index (χ0n) is 15.7. The smallest absolute Gasteiger partial charge is 0.236 e. The molecule has 1 N–H and O–H groups in total. The molecule has 28 heavy (non-hydrogen) atoms. The highest BCUT2D eigenvalue weighted by Gasteiger charge is 2.13. The predicted octanol–water partition coefficient (Wildman–Crippen LogP) is 4.94. The van der Waals surface area contributed by atoms with Crippen LogP contribution in [0.2, 0.25) is 5.02 Å². The molecule has 5 nitrogen and oxygen atoms in total. The van der Waals surface area contributed by atoms with Gasteiger partial charge in [-0.3, -0.25) is 4.79 Å². The van der Waals surface area contributed by atoms with Gasteiger partial charge in [0.25, 0.3) is 0 Å². The number of benzene rings is 3. The van der Waals surface area contributed by atoms with E-state index in [0.717, 1.165) is 16.3 Å². The van der Waals surface area contributed by atoms with Crippen molar-refractivity contribution in [3.8, 4) is 11.5 Å². The number of hydrogen-bond acceptors (Lipinski definition) is 4. The fourth-order valence-corrected chi connectivity index (χ4v) is 3.11. The van der Waals surface area contributed by atoms with Crippen molar-refractivity contribution >= 4 is 34.5 Å². The van der Waals surface area contributed by atoms with Crippen molar-refractivity contribution in [2.75, 3.05) is 6.61 Å². The lowest BCUT2D eigenvalue weighted by Gasteiger charge is -2.15. The summed E-state index contributed by atoms with van der Waals surface area (Å²) >= 11 is 6.44. The zero-order valence-corrected chi connectivity index (χ0v) is 16.5. The van der Waals surface area contributed by atoms with Gasteiger partial charge < -0.3 is 9.47 Å². The molecule has 6 heteroatoms. The molecule has 0 heterocycles. The molecule has 144 valence electrons. The molecule has 0 unspecified atom stereocenters. The van der Waals surface area contributed by atoms with Crippen molar-refractivity contribution in [1.82, 2.24) is 5.43 Å². The van der Waals surface area contributed by atoms with Gasteiger partial charge in [0.05, 0.1) is 17.8 Å². The van der Waals surface area contributed by atoms with E-state index in [9.17, 15) is 4.79 Å². The van der Waals surface area contributed by atoms with Crippen LogP contribution in [-0.2, 0) is 11.4 Å². The minimum Gasteiger partial charge on any atom is -0.490 e. The highest BCUT2D eigenvalue weighted by molar-refractivity contribution is 6.32. The fourth-order valence-electron chi connectivity index (χ4n) is 2.83. The quantitative estimate of drug-likeness (QED) is 0.454. The number of hydrazone groups is 1. The normalized spacial score (nSPS) is 11.0. The maximum atomic E-state index is 10.9. The molecule has 3 aromatic rings. The molecule has 0 aromatic heterocycles. The van der Waals surface area contributed by atoms with Gasteiger partial charge >= 0.3 is 0 Å². The Hall–Kier alpha value is -3.05. The summed E-state index contributed by atoms with van der Waals surface area (Å²) in [4.78, 5) is 10.9. The van der Waals surface area contributed by atoms with E-state index in [1.54, 1.807) is 12.1 Å². The average molecular weight is 397 g/mol. The predicted molar refractivity (Wildman–Crippen MR) is 112 cm³/mol. The molecule has 0 saturated heterocycles. The first-order valence-electron chi connectivity index (χ1n) is 8.94. The Balaban J connectivity index is 1.86. The van der Waals surface area contributed by atoms with Crippen molar-refractivity contribution in [3.63, 3.8) is 0 Å². The molecule has 0 aliphatic carbocycles. The molecule has 1 amide bonds. The van der Waals surface area contributed by atoms with Crippen LogP contribution in [0.1, 0.15) is 25.0 Å². The van der Waals surface area contributed by atoms with Crippen LogP contribution in [0.5, 0.6) is 11.5 Å². The number of carbonyl (C=O) groups is 1. The van der Waals surface area contributed by atoms with Gasteiger partial charge in [0.15, 0.2) is 11.5 Å². The monoisotopic (exact) mass is 396 g/mol. The summed E-state index contributed by atoms with van der Waals surface area (Å²) in [7, 11) is 0. The number of nitrogens with one attached hydrogen (secondary N) is 1. The molecule has 3 rings (SSSR count). The van der Waals surface area contributed by atoms with Gasteiger partial charge in [-0.25, -0.2) is 5.43 Å². The Kier molecular flexibility index (Phi) is 6.50. The third-order valence-corrected chi connectivity index (χ3v) is 4.30. The summed E-state index contributed by atoms with van der Waals surface area (Å²) in [5.41, 5.74) is 4.12. The van der Waals surface area contributed by atoms with Gasteiger partial charge in [0.2, 0.25) is 5.91 Å². The van der Waals surface area contributed by atoms with E-state index in [2.05, 4.69) is 28.7 Å². The van der Waals surface area contributed by atoms with Gasteiger partial charge in [-0.2, -0.15) is 5.10 Å². The molecule has 0 radical (unpaired) electrons. The molecule has 0 fully saturated rings. The summed E-state index contributed by atoms with van der Waals surface area (Å²) in [6.07, 6.45) is 1.50. The first kappa shape index (κ1) is 19.7. The van der Waals surface area contributed by atoms with Crippen molar-refractivity contribution in [1.29, 1.82) is 0 Å². The molecular weight excluding hydrogens is 376 g/mol. The lowest BCUT2D eigenvalue weighted by molar-refractivity contribution is -0.118. The van der Waals surface area contributed by atoms with Crippen LogP contribution >= 0.6 is 11.6 Å². The highest BCUT2D eigenvalue weighted by Crippen LogP contribution is 2.37. The number of nitrogens with zero attached hydrogens (tertiary/aromatic N) is 1. The molecule has 0 atom stereocenters. The summed E-state index contributed by atoms with van der Waals surface area (Å²) < 4.78 is 11.7. The number of rotatable bonds is 7. The Labute approximate surface area is 168 Å². The van der Waals surface area contributed by atoms with Crippen molar-refractivity contribution in [2.24, 2.45) is 5.10 Å². The van der Waals surface area contributed by atoms with Gasteiger partial charge in [-0.05, 0) is 41.0 Å². The lowest BCUT2D eigenvalue weighted by Crippen LogP contribution is -2.12. The second-order valence-corrected chi connectivity index (χ2v) is 6.52. The van der Waals surface area contributed by atoms with E-state index in [0.29, 0.717) is 35.3 Å². The van der Waals surface area contributed by atoms with Gasteiger partial charge in [0, 0.05) is 6.92 Å². The van der Waals surface area contributed by atoms with E-state index in [1.165, 1.54) is 13.1 Å². The second-order valence-electron chi connectivity index (χ2n) is 6.12. The van der Waals surface area contributed by atoms with E-state index < -0.39 is 0 Å². The van der Waals surface area contributed by atoms with Crippen molar-refractivity contribution in [2.45, 2.75) is 20.5 Å². The Morgan fingerprint density at radius 1 is 1.14 bits per heavy atom. The number of fused-ring (bicyclic) bond motifs is 1. The Morgan fingerprint density at radius 3 is 2.71 bits per heavy atom. The molecular formula is C22H21ClN2O3. The number of carbonyl (C=O) groups excluding carboxylic acids is 1. The first-order chi connectivity index (χ1) is 13.6. The number of amides is 1. The molecule has 0 saturated carbocycles. The van der Waals surface area contributed by atoms with Gasteiger partial charge in [-0.1, -0.05) is 54.1 Å². The lowest BCUT2D eigenvalue weighted by atomic mass is 10.1. The van der Waals surface area contributed by atoms with Gasteiger partial charge in [-0.15, -0.1) is 0 Å². The van der Waals surface area contributed by atoms with Gasteiger partial charge in [0.1, 0.15) is 6.61 Å². The zero-order chi connectivity index (χ0) is 19.9. The SMILES string of the molecule is CCOc1cc(/C=N\NC(C)=O)cc(Cl)c1OCc1cccc2ccccc12. The number of halogens is 1. The standard InChI is InChI=1S/C22H21ClN2O3/c1-3-27-21-12-16(13-24-25-15(2)26)11-20(23)22(21)28-14-18-9-6-8-17-7-4-5-10-19(17)18/h4-13H,3,14H2,1-2H3,(H,25,26)/b24-13-. The number of hydrogen-bond donors (Lipinski definition) is 1. The van der Waals surface area contributed by atoms with E-state index in [1.807, 2.05) is 31.2 Å². The maximum Gasteiger partial charge on any atom is 0.236 e. The van der Waals surface area contributed by atoms with Crippen molar-refractivity contribution in [3.05, 3.63) is 70.7 Å². The van der Waals surface area contributed by atoms with Crippen LogP contribution in [0.25, 0.3) is 10.8 Å². The summed E-state index contributed by atoms with van der Waals surface area (Å²) in [5.74, 6) is 0.759. The summed E-state index contributed by atoms with van der Waals surface area (Å²) in [6.45, 7) is 4.11. The van der Waals surface area contributed by atoms with Crippen LogP contribution < -0.4 is 14.9 Å². The highest BCUT2D eigenvalue weighted by atomic mass is 35.5. The maximum absolute atomic E-state index is 10.9. The molecule has 0 aliphatic rings. The van der Waals surface area contributed by atoms with Crippen molar-refractivity contribution < 1.29 is 14.3 Å². The van der Waals surface area contributed by atoms with Crippen LogP contribution in [0.3, 0.4) is 0 Å². The summed E-state index contributed by atoms with van der Waals surface area (Å²) in [6, 6.07) is 17.8. The van der Waals surface area contributed by atoms with E-state index in [4.69, 9.17) is 21.1 Å². The molecule has 0 bridgehead atoms. The van der Waals surface area contributed by atoms with Crippen LogP contribution in [0, 0.1) is 0 Å². The van der Waals surface area contributed by atoms with Crippen LogP contribution in [-0.4, -0.2) is 18.7 Å². The fraction of sp³-hybridized carbons (Fsp3) is 0.182. The molecule has 3 aromatic carbocycles. The Bertz CT molecular complexity index is 1010.